The number of nitrogens with zero attached hydrogens (tertiary/aromatic N) is 2. The van der Waals surface area contributed by atoms with E-state index in [2.05, 4.69) is 10.5 Å². The molecule has 0 aliphatic carbocycles. The smallest absolute Gasteiger partial charge is 0.271 e. The zero-order valence-corrected chi connectivity index (χ0v) is 16.3. The van der Waals surface area contributed by atoms with Crippen molar-refractivity contribution in [3.8, 4) is 11.5 Å². The first-order valence-electron chi connectivity index (χ1n) is 8.64. The molecule has 7 nitrogen and oxygen atoms in total. The number of hydrogen-bond acceptors (Lipinski definition) is 6. The summed E-state index contributed by atoms with van der Waals surface area (Å²) >= 11 is 6.15. The first-order chi connectivity index (χ1) is 14.1. The second kappa shape index (κ2) is 9.57. The summed E-state index contributed by atoms with van der Waals surface area (Å²) in [7, 11) is 1.56. The van der Waals surface area contributed by atoms with Crippen molar-refractivity contribution in [3.63, 3.8) is 0 Å². The van der Waals surface area contributed by atoms with E-state index in [1.54, 1.807) is 37.6 Å². The summed E-state index contributed by atoms with van der Waals surface area (Å²) < 4.78 is 11.2. The molecule has 29 heavy (non-hydrogen) atoms. The molecule has 0 heterocycles. The Bertz CT molecular complexity index is 1040. The summed E-state index contributed by atoms with van der Waals surface area (Å²) in [5.74, 6) is 1.13. The van der Waals surface area contributed by atoms with Gasteiger partial charge in [-0.15, -0.1) is 0 Å². The Morgan fingerprint density at radius 1 is 1.10 bits per heavy atom. The molecule has 0 aliphatic heterocycles. The third-order valence-electron chi connectivity index (χ3n) is 3.99. The van der Waals surface area contributed by atoms with Crippen molar-refractivity contribution in [3.05, 3.63) is 93.0 Å². The molecule has 0 atom stereocenters. The molecule has 0 spiro atoms. The molecule has 0 fully saturated rings. The molecule has 0 radical (unpaired) electrons. The zero-order chi connectivity index (χ0) is 20.6. The minimum atomic E-state index is -0.457. The van der Waals surface area contributed by atoms with Gasteiger partial charge in [-0.05, 0) is 35.9 Å². The van der Waals surface area contributed by atoms with E-state index in [0.717, 1.165) is 11.1 Å². The molecule has 0 saturated heterocycles. The van der Waals surface area contributed by atoms with Gasteiger partial charge in [0, 0.05) is 22.7 Å². The first-order valence-corrected chi connectivity index (χ1v) is 9.02. The van der Waals surface area contributed by atoms with Crippen LogP contribution >= 0.6 is 11.6 Å². The molecular formula is C21H18ClN3O4. The van der Waals surface area contributed by atoms with Gasteiger partial charge in [0.2, 0.25) is 0 Å². The van der Waals surface area contributed by atoms with Crippen LogP contribution in [0.2, 0.25) is 5.02 Å². The van der Waals surface area contributed by atoms with E-state index in [9.17, 15) is 10.1 Å². The number of ether oxygens (including phenoxy) is 2. The number of halogens is 1. The number of anilines is 1. The van der Waals surface area contributed by atoms with Gasteiger partial charge in [0.25, 0.3) is 5.69 Å². The van der Waals surface area contributed by atoms with Crippen LogP contribution in [0.4, 0.5) is 11.4 Å². The van der Waals surface area contributed by atoms with Gasteiger partial charge in [0.05, 0.1) is 23.9 Å². The molecule has 0 aromatic heterocycles. The lowest BCUT2D eigenvalue weighted by Gasteiger charge is -2.12. The number of hydrogen-bond donors (Lipinski definition) is 1. The van der Waals surface area contributed by atoms with Gasteiger partial charge in [0.1, 0.15) is 6.61 Å². The second-order valence-electron chi connectivity index (χ2n) is 5.97. The molecular weight excluding hydrogens is 394 g/mol. The van der Waals surface area contributed by atoms with Gasteiger partial charge >= 0.3 is 0 Å². The molecule has 3 aromatic carbocycles. The number of methoxy groups -OCH3 is 1. The lowest BCUT2D eigenvalue weighted by Crippen LogP contribution is -1.99. The molecule has 3 rings (SSSR count). The SMILES string of the molecule is COc1cc(/C=N/Nc2cccc([N+](=O)[O-])c2)ccc1OCc1ccccc1Cl. The van der Waals surface area contributed by atoms with Gasteiger partial charge < -0.3 is 9.47 Å². The molecule has 8 heteroatoms. The number of nitrogens with one attached hydrogen (secondary N) is 1. The Kier molecular flexibility index (Phi) is 6.65. The first kappa shape index (κ1) is 20.2. The van der Waals surface area contributed by atoms with Crippen LogP contribution in [0.25, 0.3) is 0 Å². The Morgan fingerprint density at radius 3 is 2.69 bits per heavy atom. The topological polar surface area (TPSA) is 86.0 Å². The van der Waals surface area contributed by atoms with E-state index in [-0.39, 0.29) is 5.69 Å². The summed E-state index contributed by atoms with van der Waals surface area (Å²) in [5.41, 5.74) is 4.93. The van der Waals surface area contributed by atoms with E-state index in [1.807, 2.05) is 30.3 Å². The highest BCUT2D eigenvalue weighted by molar-refractivity contribution is 6.31. The van der Waals surface area contributed by atoms with Crippen LogP contribution in [0, 0.1) is 10.1 Å². The maximum atomic E-state index is 10.8. The minimum absolute atomic E-state index is 0.00751. The third kappa shape index (κ3) is 5.46. The molecule has 0 amide bonds. The molecule has 0 bridgehead atoms. The van der Waals surface area contributed by atoms with Crippen molar-refractivity contribution >= 4 is 29.2 Å². The van der Waals surface area contributed by atoms with Gasteiger partial charge in [-0.1, -0.05) is 35.9 Å². The molecule has 0 aliphatic rings. The highest BCUT2D eigenvalue weighted by Gasteiger charge is 2.08. The Balaban J connectivity index is 1.66. The molecule has 0 saturated carbocycles. The highest BCUT2D eigenvalue weighted by atomic mass is 35.5. The summed E-state index contributed by atoms with van der Waals surface area (Å²) in [6, 6.07) is 19.0. The quantitative estimate of drug-likeness (QED) is 0.309. The number of non-ortho nitro benzene ring substituents is 1. The van der Waals surface area contributed by atoms with Crippen LogP contribution in [0.15, 0.2) is 71.8 Å². The van der Waals surface area contributed by atoms with Crippen molar-refractivity contribution in [2.75, 3.05) is 12.5 Å². The predicted molar refractivity (Wildman–Crippen MR) is 113 cm³/mol. The fourth-order valence-corrected chi connectivity index (χ4v) is 2.72. The van der Waals surface area contributed by atoms with Crippen molar-refractivity contribution in [1.29, 1.82) is 0 Å². The standard InChI is InChI=1S/C21H18ClN3O4/c1-28-21-11-15(13-23-24-17-6-4-7-18(12-17)25(26)27)9-10-20(21)29-14-16-5-2-3-8-19(16)22/h2-13,24H,14H2,1H3/b23-13+. The summed E-state index contributed by atoms with van der Waals surface area (Å²) in [5, 5.41) is 15.6. The summed E-state index contributed by atoms with van der Waals surface area (Å²) in [4.78, 5) is 10.4. The van der Waals surface area contributed by atoms with E-state index in [1.165, 1.54) is 12.1 Å². The monoisotopic (exact) mass is 411 g/mol. The molecule has 0 unspecified atom stereocenters. The minimum Gasteiger partial charge on any atom is -0.493 e. The maximum absolute atomic E-state index is 10.8. The normalized spacial score (nSPS) is 10.7. The largest absolute Gasteiger partial charge is 0.493 e. The van der Waals surface area contributed by atoms with Crippen molar-refractivity contribution < 1.29 is 14.4 Å². The average Bonchev–Trinajstić information content (AvgIpc) is 2.74. The average molecular weight is 412 g/mol. The van der Waals surface area contributed by atoms with Crippen LogP contribution in [0.1, 0.15) is 11.1 Å². The number of nitro groups is 1. The maximum Gasteiger partial charge on any atom is 0.271 e. The van der Waals surface area contributed by atoms with Crippen LogP contribution in [0.5, 0.6) is 11.5 Å². The molecule has 1 N–H and O–H groups in total. The fourth-order valence-electron chi connectivity index (χ4n) is 2.53. The summed E-state index contributed by atoms with van der Waals surface area (Å²) in [6.45, 7) is 0.317. The second-order valence-corrected chi connectivity index (χ2v) is 6.38. The van der Waals surface area contributed by atoms with E-state index >= 15 is 0 Å². The Morgan fingerprint density at radius 2 is 1.93 bits per heavy atom. The predicted octanol–water partition coefficient (Wildman–Crippen LogP) is 5.28. The molecule has 3 aromatic rings. The van der Waals surface area contributed by atoms with Gasteiger partial charge in [-0.3, -0.25) is 15.5 Å². The van der Waals surface area contributed by atoms with Crippen molar-refractivity contribution in [2.24, 2.45) is 5.10 Å². The summed E-state index contributed by atoms with van der Waals surface area (Å²) in [6.07, 6.45) is 1.58. The fraction of sp³-hybridized carbons (Fsp3) is 0.0952. The van der Waals surface area contributed by atoms with E-state index in [4.69, 9.17) is 21.1 Å². The van der Waals surface area contributed by atoms with E-state index in [0.29, 0.717) is 28.8 Å². The van der Waals surface area contributed by atoms with Crippen LogP contribution in [-0.2, 0) is 6.61 Å². The lowest BCUT2D eigenvalue weighted by molar-refractivity contribution is -0.384. The van der Waals surface area contributed by atoms with Crippen LogP contribution in [0.3, 0.4) is 0 Å². The highest BCUT2D eigenvalue weighted by Crippen LogP contribution is 2.29. The number of rotatable bonds is 8. The third-order valence-corrected chi connectivity index (χ3v) is 4.36. The molecule has 148 valence electrons. The van der Waals surface area contributed by atoms with Gasteiger partial charge in [0.15, 0.2) is 11.5 Å². The van der Waals surface area contributed by atoms with Crippen molar-refractivity contribution in [2.45, 2.75) is 6.61 Å². The number of hydrazone groups is 1. The Hall–Kier alpha value is -3.58. The van der Waals surface area contributed by atoms with Gasteiger partial charge in [-0.25, -0.2) is 0 Å². The number of nitro benzene ring substituents is 1. The van der Waals surface area contributed by atoms with Gasteiger partial charge in [-0.2, -0.15) is 5.10 Å². The van der Waals surface area contributed by atoms with Crippen LogP contribution < -0.4 is 14.9 Å². The zero-order valence-electron chi connectivity index (χ0n) is 15.5. The van der Waals surface area contributed by atoms with Crippen molar-refractivity contribution in [1.82, 2.24) is 0 Å². The Labute approximate surface area is 172 Å². The number of benzene rings is 3. The lowest BCUT2D eigenvalue weighted by atomic mass is 10.2. The van der Waals surface area contributed by atoms with E-state index < -0.39 is 4.92 Å². The van der Waals surface area contributed by atoms with Crippen LogP contribution in [-0.4, -0.2) is 18.2 Å².